The minimum atomic E-state index is -0.546. The molecular weight excluding hydrogens is 354 g/mol. The molecular formula is C23H29NO4. The van der Waals surface area contributed by atoms with Crippen LogP contribution in [-0.4, -0.2) is 24.7 Å². The summed E-state index contributed by atoms with van der Waals surface area (Å²) < 4.78 is 17.3. The molecule has 0 spiro atoms. The third-order valence-electron chi connectivity index (χ3n) is 4.96. The number of carbonyl (C=O) groups is 1. The lowest BCUT2D eigenvalue weighted by atomic mass is 9.89. The third kappa shape index (κ3) is 4.58. The molecule has 3 rings (SSSR count). The van der Waals surface area contributed by atoms with Crippen molar-refractivity contribution in [2.45, 2.75) is 58.3 Å². The Bertz CT molecular complexity index is 829. The third-order valence-corrected chi connectivity index (χ3v) is 4.96. The Balaban J connectivity index is 1.77. The van der Waals surface area contributed by atoms with Gasteiger partial charge in [-0.1, -0.05) is 24.6 Å². The smallest absolute Gasteiger partial charge is 0.261 e. The fourth-order valence-corrected chi connectivity index (χ4v) is 3.46. The van der Waals surface area contributed by atoms with Crippen molar-refractivity contribution in [3.63, 3.8) is 0 Å². The van der Waals surface area contributed by atoms with Gasteiger partial charge in [0.1, 0.15) is 22.8 Å². The van der Waals surface area contributed by atoms with Crippen molar-refractivity contribution in [2.24, 2.45) is 0 Å². The molecule has 5 nitrogen and oxygen atoms in total. The highest BCUT2D eigenvalue weighted by Crippen LogP contribution is 2.41. The van der Waals surface area contributed by atoms with Crippen molar-refractivity contribution in [2.75, 3.05) is 7.11 Å². The summed E-state index contributed by atoms with van der Waals surface area (Å²) in [6, 6.07) is 13.3. The Kier molecular flexibility index (Phi) is 5.82. The van der Waals surface area contributed by atoms with Crippen LogP contribution in [-0.2, 0) is 4.79 Å². The Labute approximate surface area is 167 Å². The number of fused-ring (bicyclic) bond motifs is 1. The van der Waals surface area contributed by atoms with E-state index < -0.39 is 11.7 Å². The van der Waals surface area contributed by atoms with Crippen molar-refractivity contribution in [1.29, 1.82) is 0 Å². The molecule has 5 heteroatoms. The van der Waals surface area contributed by atoms with Crippen LogP contribution >= 0.6 is 0 Å². The van der Waals surface area contributed by atoms with Crippen LogP contribution in [0.1, 0.15) is 50.8 Å². The van der Waals surface area contributed by atoms with Crippen LogP contribution in [0, 0.1) is 6.92 Å². The Morgan fingerprint density at radius 3 is 2.54 bits per heavy atom. The molecule has 1 N–H and O–H groups in total. The zero-order chi connectivity index (χ0) is 20.3. The van der Waals surface area contributed by atoms with Gasteiger partial charge in [0.15, 0.2) is 6.10 Å². The van der Waals surface area contributed by atoms with Gasteiger partial charge < -0.3 is 19.5 Å². The average molecular weight is 383 g/mol. The van der Waals surface area contributed by atoms with E-state index in [1.54, 1.807) is 7.11 Å². The molecule has 0 radical (unpaired) electrons. The van der Waals surface area contributed by atoms with Crippen LogP contribution in [0.25, 0.3) is 0 Å². The molecule has 0 aromatic heterocycles. The van der Waals surface area contributed by atoms with Gasteiger partial charge in [-0.05, 0) is 51.5 Å². The number of carbonyl (C=O) groups excluding carboxylic acids is 1. The highest BCUT2D eigenvalue weighted by atomic mass is 16.5. The van der Waals surface area contributed by atoms with Gasteiger partial charge in [-0.15, -0.1) is 0 Å². The number of hydrogen-bond donors (Lipinski definition) is 1. The molecule has 0 unspecified atom stereocenters. The largest absolute Gasteiger partial charge is 0.497 e. The van der Waals surface area contributed by atoms with Crippen LogP contribution in [0.3, 0.4) is 0 Å². The molecule has 0 aliphatic carbocycles. The quantitative estimate of drug-likeness (QED) is 0.793. The van der Waals surface area contributed by atoms with Gasteiger partial charge in [-0.3, -0.25) is 4.79 Å². The van der Waals surface area contributed by atoms with E-state index in [9.17, 15) is 4.79 Å². The first kappa shape index (κ1) is 20.1. The lowest BCUT2D eigenvalue weighted by Crippen LogP contribution is -2.45. The van der Waals surface area contributed by atoms with E-state index in [0.717, 1.165) is 22.6 Å². The van der Waals surface area contributed by atoms with E-state index >= 15 is 0 Å². The maximum Gasteiger partial charge on any atom is 0.261 e. The predicted molar refractivity (Wildman–Crippen MR) is 109 cm³/mol. The molecule has 0 saturated heterocycles. The Hall–Kier alpha value is -2.69. The van der Waals surface area contributed by atoms with E-state index in [-0.39, 0.29) is 11.9 Å². The van der Waals surface area contributed by atoms with Gasteiger partial charge in [-0.2, -0.15) is 0 Å². The number of nitrogens with one attached hydrogen (secondary N) is 1. The summed E-state index contributed by atoms with van der Waals surface area (Å²) in [5.41, 5.74) is 1.72. The summed E-state index contributed by atoms with van der Waals surface area (Å²) in [5, 5.41) is 3.17. The second kappa shape index (κ2) is 8.13. The fraction of sp³-hybridized carbons (Fsp3) is 0.435. The lowest BCUT2D eigenvalue weighted by Gasteiger charge is -2.38. The van der Waals surface area contributed by atoms with E-state index in [1.165, 1.54) is 0 Å². The maximum absolute atomic E-state index is 13.0. The van der Waals surface area contributed by atoms with Crippen LogP contribution in [0.5, 0.6) is 17.2 Å². The summed E-state index contributed by atoms with van der Waals surface area (Å²) >= 11 is 0. The van der Waals surface area contributed by atoms with Crippen molar-refractivity contribution < 1.29 is 19.0 Å². The first-order valence-electron chi connectivity index (χ1n) is 9.72. The molecule has 2 aromatic rings. The van der Waals surface area contributed by atoms with Crippen molar-refractivity contribution in [3.8, 4) is 17.2 Å². The highest BCUT2D eigenvalue weighted by Gasteiger charge is 2.36. The first-order valence-corrected chi connectivity index (χ1v) is 9.72. The molecule has 1 heterocycles. The minimum absolute atomic E-state index is 0.118. The second-order valence-electron chi connectivity index (χ2n) is 7.86. The molecule has 2 atom stereocenters. The monoisotopic (exact) mass is 383 g/mol. The average Bonchev–Trinajstić information content (AvgIpc) is 2.66. The number of benzene rings is 2. The summed E-state index contributed by atoms with van der Waals surface area (Å²) in [7, 11) is 1.63. The van der Waals surface area contributed by atoms with Crippen LogP contribution in [0.2, 0.25) is 0 Å². The van der Waals surface area contributed by atoms with Crippen LogP contribution in [0.4, 0.5) is 0 Å². The van der Waals surface area contributed by atoms with Gasteiger partial charge in [0.05, 0.1) is 13.2 Å². The number of rotatable bonds is 6. The minimum Gasteiger partial charge on any atom is -0.497 e. The Morgan fingerprint density at radius 1 is 1.21 bits per heavy atom. The van der Waals surface area contributed by atoms with Gasteiger partial charge in [-0.25, -0.2) is 0 Å². The molecule has 1 aliphatic heterocycles. The summed E-state index contributed by atoms with van der Waals surface area (Å²) in [5.74, 6) is 2.06. The molecule has 0 bridgehead atoms. The van der Waals surface area contributed by atoms with E-state index in [4.69, 9.17) is 14.2 Å². The predicted octanol–water partition coefficient (Wildman–Crippen LogP) is 4.58. The van der Waals surface area contributed by atoms with Gasteiger partial charge in [0, 0.05) is 18.1 Å². The fourth-order valence-electron chi connectivity index (χ4n) is 3.46. The van der Waals surface area contributed by atoms with Crippen LogP contribution in [0.15, 0.2) is 42.5 Å². The van der Waals surface area contributed by atoms with Crippen molar-refractivity contribution in [1.82, 2.24) is 5.32 Å². The number of ether oxygens (including phenoxy) is 3. The number of hydrogen-bond acceptors (Lipinski definition) is 4. The van der Waals surface area contributed by atoms with E-state index in [0.29, 0.717) is 18.6 Å². The standard InChI is InChI=1S/C23H29NO4/c1-6-20(27-16-9-7-15(2)8-10-16)22(25)24-19-14-23(3,4)28-21-13-17(26-5)11-12-18(19)21/h7-13,19-20H,6,14H2,1-5H3,(H,24,25)/t19-,20-/m0/s1. The second-order valence-corrected chi connectivity index (χ2v) is 7.86. The zero-order valence-corrected chi connectivity index (χ0v) is 17.2. The van der Waals surface area contributed by atoms with Gasteiger partial charge in [0.25, 0.3) is 5.91 Å². The molecule has 2 aromatic carbocycles. The molecule has 150 valence electrons. The Morgan fingerprint density at radius 2 is 1.89 bits per heavy atom. The number of amides is 1. The summed E-state index contributed by atoms with van der Waals surface area (Å²) in [6.45, 7) is 8.02. The lowest BCUT2D eigenvalue weighted by molar-refractivity contribution is -0.129. The SMILES string of the molecule is CC[C@H](Oc1ccc(C)cc1)C(=O)N[C@H]1CC(C)(C)Oc2cc(OC)ccc21. The zero-order valence-electron chi connectivity index (χ0n) is 17.2. The molecule has 0 fully saturated rings. The van der Waals surface area contributed by atoms with Crippen LogP contribution < -0.4 is 19.5 Å². The molecule has 1 aliphatic rings. The topological polar surface area (TPSA) is 56.8 Å². The normalized spacial score (nSPS) is 18.4. The number of methoxy groups -OCH3 is 1. The van der Waals surface area contributed by atoms with E-state index in [2.05, 4.69) is 5.32 Å². The van der Waals surface area contributed by atoms with Gasteiger partial charge >= 0.3 is 0 Å². The van der Waals surface area contributed by atoms with Crippen molar-refractivity contribution in [3.05, 3.63) is 53.6 Å². The molecule has 1 amide bonds. The molecule has 28 heavy (non-hydrogen) atoms. The maximum atomic E-state index is 13.0. The highest BCUT2D eigenvalue weighted by molar-refractivity contribution is 5.81. The first-order chi connectivity index (χ1) is 13.3. The summed E-state index contributed by atoms with van der Waals surface area (Å²) in [6.07, 6.45) is 0.719. The van der Waals surface area contributed by atoms with Crippen molar-refractivity contribution >= 4 is 5.91 Å². The molecule has 0 saturated carbocycles. The summed E-state index contributed by atoms with van der Waals surface area (Å²) in [4.78, 5) is 13.0. The number of aryl methyl sites for hydroxylation is 1. The van der Waals surface area contributed by atoms with E-state index in [1.807, 2.05) is 70.2 Å². The van der Waals surface area contributed by atoms with Gasteiger partial charge in [0.2, 0.25) is 0 Å².